The topological polar surface area (TPSA) is 57.5 Å². The molecule has 0 heterocycles. The monoisotopic (exact) mass is 270 g/mol. The molecule has 0 aliphatic rings. The molecule has 0 bridgehead atoms. The van der Waals surface area contributed by atoms with E-state index in [9.17, 15) is 15.0 Å². The first-order valence-corrected chi connectivity index (χ1v) is 6.56. The molecule has 0 amide bonds. The molecule has 0 aliphatic heterocycles. The number of aryl methyl sites for hydroxylation is 2. The number of phenols is 1. The van der Waals surface area contributed by atoms with Crippen LogP contribution in [0.2, 0.25) is 0 Å². The van der Waals surface area contributed by atoms with E-state index < -0.39 is 11.9 Å². The van der Waals surface area contributed by atoms with Gasteiger partial charge in [0.2, 0.25) is 0 Å². The van der Waals surface area contributed by atoms with Crippen molar-refractivity contribution in [2.45, 2.75) is 26.2 Å². The maximum absolute atomic E-state index is 11.5. The summed E-state index contributed by atoms with van der Waals surface area (Å²) in [6.45, 7) is 3.97. The van der Waals surface area contributed by atoms with Crippen LogP contribution < -0.4 is 0 Å². The standard InChI is InChI=1S/C17H18O3/c1-11-7-8-13(9-12(11)2)15(17(19)20)10-14-5-3-4-6-16(14)18/h3-9,15,18H,10H2,1-2H3,(H,19,20). The average Bonchev–Trinajstić information content (AvgIpc) is 2.41. The van der Waals surface area contributed by atoms with Crippen LogP contribution in [0.15, 0.2) is 42.5 Å². The number of aliphatic carboxylic acids is 1. The Morgan fingerprint density at radius 3 is 2.40 bits per heavy atom. The Labute approximate surface area is 118 Å². The molecule has 2 N–H and O–H groups in total. The molecule has 104 valence electrons. The van der Waals surface area contributed by atoms with Gasteiger partial charge in [0.25, 0.3) is 0 Å². The number of phenolic OH excluding ortho intramolecular Hbond substituents is 1. The van der Waals surface area contributed by atoms with Gasteiger partial charge >= 0.3 is 5.97 Å². The Morgan fingerprint density at radius 1 is 1.10 bits per heavy atom. The van der Waals surface area contributed by atoms with E-state index in [-0.39, 0.29) is 12.2 Å². The minimum Gasteiger partial charge on any atom is -0.508 e. The number of hydrogen-bond acceptors (Lipinski definition) is 2. The quantitative estimate of drug-likeness (QED) is 0.895. The molecule has 2 aromatic rings. The Kier molecular flexibility index (Phi) is 4.08. The molecule has 3 heteroatoms. The maximum atomic E-state index is 11.5. The van der Waals surface area contributed by atoms with Crippen LogP contribution in [0.3, 0.4) is 0 Å². The Hall–Kier alpha value is -2.29. The lowest BCUT2D eigenvalue weighted by molar-refractivity contribution is -0.138. The largest absolute Gasteiger partial charge is 0.508 e. The highest BCUT2D eigenvalue weighted by Crippen LogP contribution is 2.27. The zero-order valence-corrected chi connectivity index (χ0v) is 11.6. The van der Waals surface area contributed by atoms with E-state index in [4.69, 9.17) is 0 Å². The number of carbonyl (C=O) groups is 1. The SMILES string of the molecule is Cc1ccc(C(Cc2ccccc2O)C(=O)O)cc1C. The zero-order chi connectivity index (χ0) is 14.7. The van der Waals surface area contributed by atoms with Crippen molar-refractivity contribution in [3.63, 3.8) is 0 Å². The summed E-state index contributed by atoms with van der Waals surface area (Å²) in [5.41, 5.74) is 3.63. The number of rotatable bonds is 4. The van der Waals surface area contributed by atoms with Crippen molar-refractivity contribution in [3.8, 4) is 5.75 Å². The lowest BCUT2D eigenvalue weighted by atomic mass is 9.90. The van der Waals surface area contributed by atoms with Gasteiger partial charge < -0.3 is 10.2 Å². The molecule has 0 fully saturated rings. The van der Waals surface area contributed by atoms with Gasteiger partial charge in [-0.2, -0.15) is 0 Å². The molecule has 0 aliphatic carbocycles. The minimum absolute atomic E-state index is 0.141. The fourth-order valence-electron chi connectivity index (χ4n) is 2.23. The number of hydrogen-bond donors (Lipinski definition) is 2. The van der Waals surface area contributed by atoms with Crippen LogP contribution >= 0.6 is 0 Å². The van der Waals surface area contributed by atoms with Crippen LogP contribution in [0.1, 0.15) is 28.2 Å². The van der Waals surface area contributed by atoms with Crippen molar-refractivity contribution in [1.82, 2.24) is 0 Å². The van der Waals surface area contributed by atoms with Gasteiger partial charge in [0.05, 0.1) is 5.92 Å². The highest BCUT2D eigenvalue weighted by atomic mass is 16.4. The Balaban J connectivity index is 2.34. The summed E-state index contributed by atoms with van der Waals surface area (Å²) in [6, 6.07) is 12.6. The third-order valence-corrected chi connectivity index (χ3v) is 3.65. The molecule has 20 heavy (non-hydrogen) atoms. The zero-order valence-electron chi connectivity index (χ0n) is 11.6. The van der Waals surface area contributed by atoms with Crippen molar-refractivity contribution in [2.24, 2.45) is 0 Å². The molecule has 1 unspecified atom stereocenters. The summed E-state index contributed by atoms with van der Waals surface area (Å²) in [6.07, 6.45) is 0.282. The van der Waals surface area contributed by atoms with Crippen LogP contribution in [-0.4, -0.2) is 16.2 Å². The van der Waals surface area contributed by atoms with E-state index in [2.05, 4.69) is 0 Å². The second kappa shape index (κ2) is 5.78. The van der Waals surface area contributed by atoms with Gasteiger partial charge in [-0.3, -0.25) is 4.79 Å². The van der Waals surface area contributed by atoms with Gasteiger partial charge in [0.15, 0.2) is 0 Å². The molecule has 0 radical (unpaired) electrons. The van der Waals surface area contributed by atoms with E-state index in [0.29, 0.717) is 5.56 Å². The van der Waals surface area contributed by atoms with Gasteiger partial charge in [-0.15, -0.1) is 0 Å². The van der Waals surface area contributed by atoms with Crippen molar-refractivity contribution >= 4 is 5.97 Å². The molecule has 0 saturated heterocycles. The first kappa shape index (κ1) is 14.1. The van der Waals surface area contributed by atoms with Crippen molar-refractivity contribution in [3.05, 3.63) is 64.7 Å². The highest BCUT2D eigenvalue weighted by molar-refractivity contribution is 5.76. The van der Waals surface area contributed by atoms with Crippen LogP contribution in [-0.2, 0) is 11.2 Å². The van der Waals surface area contributed by atoms with Gasteiger partial charge in [-0.05, 0) is 48.6 Å². The van der Waals surface area contributed by atoms with Gasteiger partial charge in [0.1, 0.15) is 5.75 Å². The average molecular weight is 270 g/mol. The van der Waals surface area contributed by atoms with Gasteiger partial charge in [-0.1, -0.05) is 36.4 Å². The lowest BCUT2D eigenvalue weighted by Gasteiger charge is -2.15. The van der Waals surface area contributed by atoms with E-state index >= 15 is 0 Å². The summed E-state index contributed by atoms with van der Waals surface area (Å²) in [7, 11) is 0. The van der Waals surface area contributed by atoms with E-state index in [0.717, 1.165) is 16.7 Å². The first-order valence-electron chi connectivity index (χ1n) is 6.56. The van der Waals surface area contributed by atoms with Crippen molar-refractivity contribution in [1.29, 1.82) is 0 Å². The van der Waals surface area contributed by atoms with Gasteiger partial charge in [0, 0.05) is 0 Å². The number of benzene rings is 2. The molecule has 0 saturated carbocycles. The van der Waals surface area contributed by atoms with Crippen LogP contribution in [0.5, 0.6) is 5.75 Å². The molecule has 0 aromatic heterocycles. The molecular weight excluding hydrogens is 252 g/mol. The minimum atomic E-state index is -0.878. The first-order chi connectivity index (χ1) is 9.49. The molecule has 2 aromatic carbocycles. The number of carboxylic acid groups (broad SMARTS) is 1. The molecule has 2 rings (SSSR count). The number of aromatic hydroxyl groups is 1. The summed E-state index contributed by atoms with van der Waals surface area (Å²) in [5, 5.41) is 19.3. The van der Waals surface area contributed by atoms with Gasteiger partial charge in [-0.25, -0.2) is 0 Å². The predicted molar refractivity (Wildman–Crippen MR) is 78.1 cm³/mol. The van der Waals surface area contributed by atoms with E-state index in [1.807, 2.05) is 32.0 Å². The fraction of sp³-hybridized carbons (Fsp3) is 0.235. The smallest absolute Gasteiger partial charge is 0.311 e. The normalized spacial score (nSPS) is 12.1. The van der Waals surface area contributed by atoms with E-state index in [1.54, 1.807) is 24.3 Å². The fourth-order valence-corrected chi connectivity index (χ4v) is 2.23. The third-order valence-electron chi connectivity index (χ3n) is 3.65. The maximum Gasteiger partial charge on any atom is 0.311 e. The van der Waals surface area contributed by atoms with Crippen molar-refractivity contribution < 1.29 is 15.0 Å². The number of para-hydroxylation sites is 1. The van der Waals surface area contributed by atoms with Crippen molar-refractivity contribution in [2.75, 3.05) is 0 Å². The molecule has 3 nitrogen and oxygen atoms in total. The summed E-state index contributed by atoms with van der Waals surface area (Å²) >= 11 is 0. The van der Waals surface area contributed by atoms with E-state index in [1.165, 1.54) is 0 Å². The van der Waals surface area contributed by atoms with Crippen LogP contribution in [0, 0.1) is 13.8 Å². The number of carboxylic acids is 1. The summed E-state index contributed by atoms with van der Waals surface area (Å²) in [5.74, 6) is -1.39. The van der Waals surface area contributed by atoms with Crippen LogP contribution in [0.4, 0.5) is 0 Å². The highest BCUT2D eigenvalue weighted by Gasteiger charge is 2.21. The second-order valence-corrected chi connectivity index (χ2v) is 5.07. The molecule has 0 spiro atoms. The Morgan fingerprint density at radius 2 is 1.80 bits per heavy atom. The predicted octanol–water partition coefficient (Wildman–Crippen LogP) is 3.42. The molecule has 1 atom stereocenters. The second-order valence-electron chi connectivity index (χ2n) is 5.07. The lowest BCUT2D eigenvalue weighted by Crippen LogP contribution is -2.14. The molecular formula is C17H18O3. The summed E-state index contributed by atoms with van der Waals surface area (Å²) in [4.78, 5) is 11.5. The Bertz CT molecular complexity index is 632. The van der Waals surface area contributed by atoms with Crippen LogP contribution in [0.25, 0.3) is 0 Å². The third kappa shape index (κ3) is 2.99. The summed E-state index contributed by atoms with van der Waals surface area (Å²) < 4.78 is 0.